The molecule has 8 nitrogen and oxygen atoms in total. The van der Waals surface area contributed by atoms with E-state index in [1.54, 1.807) is 13.0 Å². The van der Waals surface area contributed by atoms with Gasteiger partial charge in [0.1, 0.15) is 11.8 Å². The molecule has 2 aromatic heterocycles. The number of hydrogen-bond acceptors (Lipinski definition) is 6. The number of pyridine rings is 2. The standard InChI is InChI=1S/C17H11N5O3/c1-10-6-16(13-7-12(22(24)25)3-5-14(13)20-10)21-17(23)15-4-2-11(8-18)9-19-15/h2-7,9H,1H3,(H,20,21,23). The third-order valence-electron chi connectivity index (χ3n) is 3.50. The van der Waals surface area contributed by atoms with Crippen LogP contribution in [0.5, 0.6) is 0 Å². The van der Waals surface area contributed by atoms with E-state index in [0.717, 1.165) is 0 Å². The summed E-state index contributed by atoms with van der Waals surface area (Å²) in [7, 11) is 0. The van der Waals surface area contributed by atoms with Crippen LogP contribution in [0.15, 0.2) is 42.6 Å². The minimum absolute atomic E-state index is 0.0925. The molecule has 2 heterocycles. The number of amides is 1. The van der Waals surface area contributed by atoms with Gasteiger partial charge in [-0.15, -0.1) is 0 Å². The number of non-ortho nitro benzene ring substituents is 1. The number of carbonyl (C=O) groups is 1. The van der Waals surface area contributed by atoms with Gasteiger partial charge in [0.25, 0.3) is 11.6 Å². The van der Waals surface area contributed by atoms with Crippen molar-refractivity contribution in [2.75, 3.05) is 5.32 Å². The number of aromatic nitrogens is 2. The molecule has 0 aliphatic carbocycles. The van der Waals surface area contributed by atoms with E-state index < -0.39 is 10.8 Å². The number of benzene rings is 1. The van der Waals surface area contributed by atoms with Gasteiger partial charge in [0.15, 0.2) is 0 Å². The molecule has 0 saturated carbocycles. The van der Waals surface area contributed by atoms with Gasteiger partial charge in [-0.3, -0.25) is 19.9 Å². The first kappa shape index (κ1) is 16.0. The average Bonchev–Trinajstić information content (AvgIpc) is 2.61. The number of anilines is 1. The van der Waals surface area contributed by atoms with Crippen LogP contribution in [0.4, 0.5) is 11.4 Å². The van der Waals surface area contributed by atoms with E-state index in [9.17, 15) is 14.9 Å². The van der Waals surface area contributed by atoms with Crippen molar-refractivity contribution in [2.24, 2.45) is 0 Å². The molecule has 0 aliphatic rings. The molecule has 0 fully saturated rings. The number of aryl methyl sites for hydroxylation is 1. The molecule has 3 rings (SSSR count). The van der Waals surface area contributed by atoms with Crippen LogP contribution < -0.4 is 5.32 Å². The van der Waals surface area contributed by atoms with E-state index in [4.69, 9.17) is 5.26 Å². The Labute approximate surface area is 141 Å². The number of nitro benzene ring substituents is 1. The van der Waals surface area contributed by atoms with Gasteiger partial charge in [0.05, 0.1) is 21.7 Å². The van der Waals surface area contributed by atoms with E-state index in [2.05, 4.69) is 15.3 Å². The highest BCUT2D eigenvalue weighted by molar-refractivity contribution is 6.08. The Hall–Kier alpha value is -3.86. The van der Waals surface area contributed by atoms with Crippen molar-refractivity contribution in [2.45, 2.75) is 6.92 Å². The van der Waals surface area contributed by atoms with Crippen molar-refractivity contribution in [3.63, 3.8) is 0 Å². The van der Waals surface area contributed by atoms with Crippen LogP contribution in [0.25, 0.3) is 10.9 Å². The lowest BCUT2D eigenvalue weighted by Crippen LogP contribution is -2.14. The van der Waals surface area contributed by atoms with E-state index >= 15 is 0 Å². The lowest BCUT2D eigenvalue weighted by molar-refractivity contribution is -0.384. The van der Waals surface area contributed by atoms with Crippen LogP contribution >= 0.6 is 0 Å². The third-order valence-corrected chi connectivity index (χ3v) is 3.50. The first-order chi connectivity index (χ1) is 12.0. The average molecular weight is 333 g/mol. The molecule has 0 spiro atoms. The molecule has 0 aliphatic heterocycles. The van der Waals surface area contributed by atoms with Crippen molar-refractivity contribution < 1.29 is 9.72 Å². The van der Waals surface area contributed by atoms with Crippen LogP contribution in [0, 0.1) is 28.4 Å². The highest BCUT2D eigenvalue weighted by Gasteiger charge is 2.14. The summed E-state index contributed by atoms with van der Waals surface area (Å²) in [5.74, 6) is -0.483. The van der Waals surface area contributed by atoms with E-state index in [1.807, 2.05) is 6.07 Å². The van der Waals surface area contributed by atoms with Crippen LogP contribution in [-0.2, 0) is 0 Å². The summed E-state index contributed by atoms with van der Waals surface area (Å²) in [6, 6.07) is 10.7. The summed E-state index contributed by atoms with van der Waals surface area (Å²) in [5, 5.41) is 22.9. The molecule has 0 saturated heterocycles. The fourth-order valence-electron chi connectivity index (χ4n) is 2.34. The summed E-state index contributed by atoms with van der Waals surface area (Å²) < 4.78 is 0. The monoisotopic (exact) mass is 333 g/mol. The third kappa shape index (κ3) is 3.25. The Morgan fingerprint density at radius 2 is 2.08 bits per heavy atom. The van der Waals surface area contributed by atoms with Gasteiger partial charge in [-0.05, 0) is 31.2 Å². The zero-order valence-corrected chi connectivity index (χ0v) is 13.1. The summed E-state index contributed by atoms with van der Waals surface area (Å²) in [6.45, 7) is 1.76. The number of nitrogens with zero attached hydrogens (tertiary/aromatic N) is 4. The number of hydrogen-bond donors (Lipinski definition) is 1. The quantitative estimate of drug-likeness (QED) is 0.581. The molecule has 25 heavy (non-hydrogen) atoms. The van der Waals surface area contributed by atoms with Gasteiger partial charge < -0.3 is 5.32 Å². The van der Waals surface area contributed by atoms with Crippen LogP contribution in [-0.4, -0.2) is 20.8 Å². The van der Waals surface area contributed by atoms with Crippen molar-refractivity contribution in [1.29, 1.82) is 5.26 Å². The Kier molecular flexibility index (Phi) is 4.05. The highest BCUT2D eigenvalue weighted by atomic mass is 16.6. The van der Waals surface area contributed by atoms with E-state index in [0.29, 0.717) is 27.8 Å². The van der Waals surface area contributed by atoms with Gasteiger partial charge in [-0.25, -0.2) is 4.98 Å². The minimum atomic E-state index is -0.507. The maximum atomic E-state index is 12.4. The van der Waals surface area contributed by atoms with E-state index in [-0.39, 0.29) is 11.4 Å². The number of carbonyl (C=O) groups excluding carboxylic acids is 1. The second-order valence-corrected chi connectivity index (χ2v) is 5.27. The fourth-order valence-corrected chi connectivity index (χ4v) is 2.34. The number of rotatable bonds is 3. The Morgan fingerprint density at radius 3 is 2.72 bits per heavy atom. The number of nitrogens with one attached hydrogen (secondary N) is 1. The number of fused-ring (bicyclic) bond motifs is 1. The largest absolute Gasteiger partial charge is 0.320 e. The van der Waals surface area contributed by atoms with Crippen molar-refractivity contribution in [3.05, 3.63) is 69.7 Å². The zero-order valence-electron chi connectivity index (χ0n) is 13.1. The Bertz CT molecular complexity index is 1040. The topological polar surface area (TPSA) is 122 Å². The second-order valence-electron chi connectivity index (χ2n) is 5.27. The maximum Gasteiger partial charge on any atom is 0.274 e. The molecule has 0 bridgehead atoms. The van der Waals surface area contributed by atoms with Gasteiger partial charge in [-0.2, -0.15) is 5.26 Å². The first-order valence-corrected chi connectivity index (χ1v) is 7.21. The maximum absolute atomic E-state index is 12.4. The fraction of sp³-hybridized carbons (Fsp3) is 0.0588. The summed E-state index contributed by atoms with van der Waals surface area (Å²) >= 11 is 0. The van der Waals surface area contributed by atoms with Gasteiger partial charge in [-0.1, -0.05) is 0 Å². The Morgan fingerprint density at radius 1 is 1.28 bits per heavy atom. The van der Waals surface area contributed by atoms with Crippen LogP contribution in [0.1, 0.15) is 21.7 Å². The summed E-state index contributed by atoms with van der Waals surface area (Å²) in [6.07, 6.45) is 1.30. The smallest absolute Gasteiger partial charge is 0.274 e. The van der Waals surface area contributed by atoms with Crippen molar-refractivity contribution >= 4 is 28.2 Å². The molecular weight excluding hydrogens is 322 g/mol. The number of nitriles is 1. The molecule has 0 atom stereocenters. The highest BCUT2D eigenvalue weighted by Crippen LogP contribution is 2.27. The van der Waals surface area contributed by atoms with Gasteiger partial charge in [0, 0.05) is 29.4 Å². The summed E-state index contributed by atoms with van der Waals surface area (Å²) in [4.78, 5) is 31.1. The van der Waals surface area contributed by atoms with Crippen molar-refractivity contribution in [3.8, 4) is 6.07 Å². The minimum Gasteiger partial charge on any atom is -0.320 e. The molecule has 3 aromatic rings. The molecule has 0 unspecified atom stereocenters. The molecule has 1 N–H and O–H groups in total. The number of nitro groups is 1. The molecule has 8 heteroatoms. The Balaban J connectivity index is 2.01. The molecule has 0 radical (unpaired) electrons. The lowest BCUT2D eigenvalue weighted by Gasteiger charge is -2.09. The first-order valence-electron chi connectivity index (χ1n) is 7.21. The molecule has 1 aromatic carbocycles. The van der Waals surface area contributed by atoms with Gasteiger partial charge in [0.2, 0.25) is 0 Å². The lowest BCUT2D eigenvalue weighted by atomic mass is 10.1. The van der Waals surface area contributed by atoms with Crippen LogP contribution in [0.3, 0.4) is 0 Å². The molecule has 1 amide bonds. The van der Waals surface area contributed by atoms with Gasteiger partial charge >= 0.3 is 0 Å². The second kappa shape index (κ2) is 6.33. The van der Waals surface area contributed by atoms with Crippen molar-refractivity contribution in [1.82, 2.24) is 9.97 Å². The summed E-state index contributed by atoms with van der Waals surface area (Å²) in [5.41, 5.74) is 1.98. The predicted molar refractivity (Wildman–Crippen MR) is 90.0 cm³/mol. The molecule has 122 valence electrons. The van der Waals surface area contributed by atoms with Crippen LogP contribution in [0.2, 0.25) is 0 Å². The zero-order chi connectivity index (χ0) is 18.0. The molecular formula is C17H11N5O3. The normalized spacial score (nSPS) is 10.2. The van der Waals surface area contributed by atoms with E-state index in [1.165, 1.54) is 36.5 Å². The predicted octanol–water partition coefficient (Wildman–Crippen LogP) is 2.97. The SMILES string of the molecule is Cc1cc(NC(=O)c2ccc(C#N)cn2)c2cc([N+](=O)[O-])ccc2n1.